The number of hydrogen-bond donors (Lipinski definition) is 1. The molecule has 0 aliphatic carbocycles. The molecule has 5 heteroatoms. The van der Waals surface area contributed by atoms with Crippen LogP contribution in [0.15, 0.2) is 0 Å². The number of likely N-dealkylation sites (N-methyl/N-ethyl adjacent to an activating group) is 1. The Morgan fingerprint density at radius 3 is 2.30 bits per heavy atom. The lowest BCUT2D eigenvalue weighted by Gasteiger charge is -2.31. The van der Waals surface area contributed by atoms with Crippen LogP contribution in [0.3, 0.4) is 0 Å². The van der Waals surface area contributed by atoms with E-state index in [1.807, 2.05) is 0 Å². The van der Waals surface area contributed by atoms with Gasteiger partial charge in [0.2, 0.25) is 0 Å². The predicted molar refractivity (Wildman–Crippen MR) is 37.5 cm³/mol. The molecule has 1 heterocycles. The van der Waals surface area contributed by atoms with E-state index in [9.17, 15) is 4.21 Å². The molecule has 1 saturated heterocycles. The molecular weight excluding hydrogens is 154 g/mol. The van der Waals surface area contributed by atoms with Gasteiger partial charge in [-0.15, -0.1) is 0 Å². The molecule has 0 amide bonds. The van der Waals surface area contributed by atoms with Gasteiger partial charge in [-0.3, -0.25) is 4.55 Å². The molecule has 1 fully saturated rings. The third-order valence-electron chi connectivity index (χ3n) is 1.79. The van der Waals surface area contributed by atoms with Gasteiger partial charge in [0.25, 0.3) is 0 Å². The van der Waals surface area contributed by atoms with Gasteiger partial charge in [-0.05, 0) is 0 Å². The van der Waals surface area contributed by atoms with E-state index in [0.717, 1.165) is 0 Å². The van der Waals surface area contributed by atoms with Gasteiger partial charge in [0.15, 0.2) is 0 Å². The zero-order valence-electron chi connectivity index (χ0n) is 5.95. The van der Waals surface area contributed by atoms with Crippen molar-refractivity contribution in [2.24, 2.45) is 0 Å². The second-order valence-electron chi connectivity index (χ2n) is 2.59. The molecule has 4 nitrogen and oxygen atoms in total. The average molecular weight is 166 g/mol. The molecule has 60 valence electrons. The van der Waals surface area contributed by atoms with Crippen LogP contribution in [0.4, 0.5) is 0 Å². The van der Waals surface area contributed by atoms with Crippen LogP contribution in [0.25, 0.3) is 0 Å². The van der Waals surface area contributed by atoms with E-state index in [-0.39, 0.29) is 3.89 Å². The molecule has 0 saturated carbocycles. The van der Waals surface area contributed by atoms with E-state index < -0.39 is 11.3 Å². The van der Waals surface area contributed by atoms with E-state index in [4.69, 9.17) is 9.29 Å². The lowest BCUT2D eigenvalue weighted by molar-refractivity contribution is -0.795. The van der Waals surface area contributed by atoms with Crippen LogP contribution >= 0.6 is 0 Å². The molecule has 10 heavy (non-hydrogen) atoms. The maximum absolute atomic E-state index is 10.7. The minimum atomic E-state index is -1.76. The lowest BCUT2D eigenvalue weighted by atomic mass is 10.5. The Morgan fingerprint density at radius 2 is 2.00 bits per heavy atom. The van der Waals surface area contributed by atoms with Crippen molar-refractivity contribution >= 4 is 11.3 Å². The zero-order valence-corrected chi connectivity index (χ0v) is 6.76. The summed E-state index contributed by atoms with van der Waals surface area (Å²) in [5, 5.41) is 0. The number of rotatable bonds is 1. The largest absolute Gasteiger partial charge is 0.370 e. The molecule has 0 aromatic rings. The first kappa shape index (κ1) is 8.13. The predicted octanol–water partition coefficient (Wildman–Crippen LogP) is -0.400. The smallest absolute Gasteiger partial charge is 0.358 e. The quantitative estimate of drug-likeness (QED) is 0.426. The fraction of sp³-hybridized carbons (Fsp3) is 1.00. The second kappa shape index (κ2) is 2.96. The molecule has 1 unspecified atom stereocenters. The summed E-state index contributed by atoms with van der Waals surface area (Å²) in [6.45, 7) is 2.43. The van der Waals surface area contributed by atoms with Gasteiger partial charge in [-0.2, -0.15) is 4.21 Å². The van der Waals surface area contributed by atoms with Gasteiger partial charge in [-0.1, -0.05) is 0 Å². The fourth-order valence-electron chi connectivity index (χ4n) is 0.885. The van der Waals surface area contributed by atoms with Crippen molar-refractivity contribution in [2.75, 3.05) is 33.4 Å². The Kier molecular flexibility index (Phi) is 2.40. The van der Waals surface area contributed by atoms with Gasteiger partial charge >= 0.3 is 11.3 Å². The van der Waals surface area contributed by atoms with Gasteiger partial charge in [0.05, 0.1) is 20.3 Å². The van der Waals surface area contributed by atoms with Crippen molar-refractivity contribution < 1.29 is 17.4 Å². The Morgan fingerprint density at radius 1 is 1.50 bits per heavy atom. The Bertz CT molecular complexity index is 144. The minimum absolute atomic E-state index is 0.208. The van der Waals surface area contributed by atoms with Crippen molar-refractivity contribution in [3.63, 3.8) is 0 Å². The minimum Gasteiger partial charge on any atom is -0.370 e. The summed E-state index contributed by atoms with van der Waals surface area (Å²) < 4.78 is 24.8. The third-order valence-corrected chi connectivity index (χ3v) is 2.91. The summed E-state index contributed by atoms with van der Waals surface area (Å²) in [6, 6.07) is 0. The number of ether oxygens (including phenoxy) is 1. The topological polar surface area (TPSA) is 46.5 Å². The number of hydrogen-bond acceptors (Lipinski definition) is 2. The molecule has 1 rings (SSSR count). The summed E-state index contributed by atoms with van der Waals surface area (Å²) in [5.41, 5.74) is 0. The molecule has 0 spiro atoms. The highest BCUT2D eigenvalue weighted by Gasteiger charge is 2.31. The number of quaternary nitrogens is 1. The fourth-order valence-corrected chi connectivity index (χ4v) is 1.35. The molecule has 0 bridgehead atoms. The highest BCUT2D eigenvalue weighted by Crippen LogP contribution is 2.09. The van der Waals surface area contributed by atoms with Crippen LogP contribution < -0.4 is 0 Å². The molecule has 1 aliphatic heterocycles. The molecule has 1 atom stereocenters. The number of nitrogens with zero attached hydrogens (tertiary/aromatic N) is 1. The normalized spacial score (nSPS) is 27.8. The van der Waals surface area contributed by atoms with E-state index in [0.29, 0.717) is 26.3 Å². The van der Waals surface area contributed by atoms with Crippen molar-refractivity contribution in [3.05, 3.63) is 0 Å². The monoisotopic (exact) mass is 166 g/mol. The summed E-state index contributed by atoms with van der Waals surface area (Å²) in [7, 11) is 1.76. The van der Waals surface area contributed by atoms with Gasteiger partial charge in [0.1, 0.15) is 13.1 Å². The van der Waals surface area contributed by atoms with E-state index >= 15 is 0 Å². The van der Waals surface area contributed by atoms with Crippen LogP contribution in [0, 0.1) is 0 Å². The van der Waals surface area contributed by atoms with Gasteiger partial charge in [-0.25, -0.2) is 3.89 Å². The van der Waals surface area contributed by atoms with Crippen LogP contribution in [0.5, 0.6) is 0 Å². The highest BCUT2D eigenvalue weighted by atomic mass is 32.2. The molecule has 1 aliphatic rings. The maximum Gasteiger partial charge on any atom is 0.358 e. The average Bonchev–Trinajstić information content (AvgIpc) is 1.89. The van der Waals surface area contributed by atoms with Crippen molar-refractivity contribution in [1.29, 1.82) is 0 Å². The summed E-state index contributed by atoms with van der Waals surface area (Å²) in [6.07, 6.45) is 0. The van der Waals surface area contributed by atoms with Crippen molar-refractivity contribution in [1.82, 2.24) is 0 Å². The second-order valence-corrected chi connectivity index (χ2v) is 3.93. The molecule has 0 radical (unpaired) electrons. The molecule has 1 N–H and O–H groups in total. The third kappa shape index (κ3) is 1.54. The Hall–Kier alpha value is 0.0300. The number of morpholine rings is 1. The van der Waals surface area contributed by atoms with Crippen LogP contribution in [0.2, 0.25) is 0 Å². The van der Waals surface area contributed by atoms with Gasteiger partial charge in [0, 0.05) is 0 Å². The van der Waals surface area contributed by atoms with E-state index in [1.165, 1.54) is 0 Å². The van der Waals surface area contributed by atoms with Crippen LogP contribution in [0.1, 0.15) is 0 Å². The van der Waals surface area contributed by atoms with Gasteiger partial charge < -0.3 is 4.74 Å². The van der Waals surface area contributed by atoms with E-state index in [2.05, 4.69) is 0 Å². The lowest BCUT2D eigenvalue weighted by Crippen LogP contribution is -2.52. The SMILES string of the molecule is C[N+]1(S(=O)O)CCOCC1. The highest BCUT2D eigenvalue weighted by molar-refractivity contribution is 7.73. The first-order chi connectivity index (χ1) is 4.65. The zero-order chi connectivity index (χ0) is 7.61. The maximum atomic E-state index is 10.7. The summed E-state index contributed by atoms with van der Waals surface area (Å²) in [5.74, 6) is 0. The summed E-state index contributed by atoms with van der Waals surface area (Å²) >= 11 is -1.76. The summed E-state index contributed by atoms with van der Waals surface area (Å²) in [4.78, 5) is 0. The Balaban J connectivity index is 2.56. The van der Waals surface area contributed by atoms with Crippen molar-refractivity contribution in [2.45, 2.75) is 0 Å². The standard InChI is InChI=1S/C5H11NO3S/c1-6(10(7)8)2-4-9-5-3-6/h2-5H2,1H3/p+1. The molecule has 0 aromatic carbocycles. The van der Waals surface area contributed by atoms with E-state index in [1.54, 1.807) is 7.05 Å². The van der Waals surface area contributed by atoms with Crippen LogP contribution in [-0.2, 0) is 16.0 Å². The molecule has 0 aromatic heterocycles. The van der Waals surface area contributed by atoms with Crippen LogP contribution in [-0.4, -0.2) is 46.0 Å². The first-order valence-electron chi connectivity index (χ1n) is 3.19. The first-order valence-corrected chi connectivity index (χ1v) is 4.25. The molecular formula is C5H12NO3S+. The van der Waals surface area contributed by atoms with Crippen molar-refractivity contribution in [3.8, 4) is 0 Å². The Labute approximate surface area is 62.8 Å².